The van der Waals surface area contributed by atoms with Crippen LogP contribution in [0.25, 0.3) is 21.5 Å². The van der Waals surface area contributed by atoms with Crippen molar-refractivity contribution in [1.29, 1.82) is 0 Å². The van der Waals surface area contributed by atoms with Crippen molar-refractivity contribution >= 4 is 45.2 Å². The fourth-order valence-electron chi connectivity index (χ4n) is 8.80. The number of aromatic nitrogens is 1. The highest BCUT2D eigenvalue weighted by Gasteiger charge is 2.67. The first-order chi connectivity index (χ1) is 24.3. The topological polar surface area (TPSA) is 176 Å². The van der Waals surface area contributed by atoms with Gasteiger partial charge in [0.15, 0.2) is 16.6 Å². The lowest BCUT2D eigenvalue weighted by atomic mass is 9.63. The van der Waals surface area contributed by atoms with Gasteiger partial charge in [0.25, 0.3) is 0 Å². The highest BCUT2D eigenvalue weighted by molar-refractivity contribution is 6.19. The van der Waals surface area contributed by atoms with Gasteiger partial charge in [0.05, 0.1) is 23.3 Å². The number of fused-ring (bicyclic) bond motifs is 4. The molecule has 8 rings (SSSR count). The summed E-state index contributed by atoms with van der Waals surface area (Å²) in [6.07, 6.45) is -0.0142. The van der Waals surface area contributed by atoms with Crippen molar-refractivity contribution in [3.63, 3.8) is 0 Å². The van der Waals surface area contributed by atoms with Gasteiger partial charge >= 0.3 is 17.9 Å². The molecule has 1 spiro atoms. The second-order valence-corrected chi connectivity index (χ2v) is 13.4. The molecule has 0 saturated heterocycles. The van der Waals surface area contributed by atoms with E-state index < -0.39 is 76.3 Å². The van der Waals surface area contributed by atoms with Gasteiger partial charge in [0.2, 0.25) is 5.88 Å². The number of rotatable bonds is 6. The van der Waals surface area contributed by atoms with E-state index in [1.54, 1.807) is 45.0 Å². The van der Waals surface area contributed by atoms with Gasteiger partial charge in [-0.15, -0.1) is 0 Å². The molecular weight excluding hydrogens is 658 g/mol. The zero-order valence-electron chi connectivity index (χ0n) is 28.0. The Morgan fingerprint density at radius 2 is 1.71 bits per heavy atom. The van der Waals surface area contributed by atoms with E-state index >= 15 is 4.79 Å². The van der Waals surface area contributed by atoms with E-state index in [-0.39, 0.29) is 57.0 Å². The quantitative estimate of drug-likeness (QED) is 0.195. The maximum atomic E-state index is 15.3. The Labute approximate surface area is 289 Å². The Morgan fingerprint density at radius 3 is 2.39 bits per heavy atom. The van der Waals surface area contributed by atoms with Crippen LogP contribution in [0.1, 0.15) is 79.9 Å². The number of nitrogens with zero attached hydrogens (tertiary/aromatic N) is 1. The Morgan fingerprint density at radius 1 is 0.980 bits per heavy atom. The number of aryl methyl sites for hydroxylation is 2. The summed E-state index contributed by atoms with van der Waals surface area (Å²) < 4.78 is 18.1. The molecule has 0 radical (unpaired) electrons. The van der Waals surface area contributed by atoms with Gasteiger partial charge in [0.1, 0.15) is 30.1 Å². The summed E-state index contributed by atoms with van der Waals surface area (Å²) in [5.74, 6) is -5.22. The Hall–Kier alpha value is -6.04. The number of carbonyl (C=O) groups excluding carboxylic acids is 4. The zero-order chi connectivity index (χ0) is 36.3. The van der Waals surface area contributed by atoms with E-state index in [2.05, 4.69) is 0 Å². The molecule has 0 amide bonds. The third-order valence-corrected chi connectivity index (χ3v) is 10.6. The third kappa shape index (κ3) is 4.13. The summed E-state index contributed by atoms with van der Waals surface area (Å²) in [6.45, 7) is 5.57. The molecule has 2 N–H and O–H groups in total. The summed E-state index contributed by atoms with van der Waals surface area (Å²) >= 11 is 0. The molecule has 2 heterocycles. The molecule has 1 aromatic heterocycles. The average Bonchev–Trinajstić information content (AvgIpc) is 3.28. The number of ether oxygens (including phenoxy) is 3. The minimum atomic E-state index is -1.72. The van der Waals surface area contributed by atoms with Crippen molar-refractivity contribution in [2.75, 3.05) is 13.2 Å². The first-order valence-electron chi connectivity index (χ1n) is 16.5. The lowest BCUT2D eigenvalue weighted by Gasteiger charge is -2.44. The number of ketones is 1. The van der Waals surface area contributed by atoms with Crippen molar-refractivity contribution in [2.24, 2.45) is 0 Å². The van der Waals surface area contributed by atoms with Crippen LogP contribution in [0.5, 0.6) is 11.6 Å². The standard InChI is InChI=1S/C39H31NO11/c1-5-49-37(47)21(13-19-9-7-6-8-10-19)40-14-20-26-24(16(2)11-22(42)27(26)36(40)46)29-30-34(45)25-17(3)12-23(43)28-31(25)39(15-50-38(28)48,32(29)33(20)44)35(30)51-18(4)41/h6-12,14,21,30,35,43,46H,5,13,15H2,1-4H3/t21-,30-,35-,39-/m0/s1. The van der Waals surface area contributed by atoms with Crippen LogP contribution in [-0.2, 0) is 35.6 Å². The highest BCUT2D eigenvalue weighted by Crippen LogP contribution is 2.61. The molecular formula is C39H31NO11. The fraction of sp³-hybridized carbons (Fsp3) is 0.282. The van der Waals surface area contributed by atoms with Crippen LogP contribution < -0.4 is 10.9 Å². The summed E-state index contributed by atoms with van der Waals surface area (Å²) in [4.78, 5) is 83.3. The van der Waals surface area contributed by atoms with E-state index in [4.69, 9.17) is 14.2 Å². The number of hydrogen-bond acceptors (Lipinski definition) is 11. The molecule has 2 aliphatic carbocycles. The van der Waals surface area contributed by atoms with Gasteiger partial charge in [-0.2, -0.15) is 0 Å². The summed E-state index contributed by atoms with van der Waals surface area (Å²) in [5.41, 5.74) is -1.55. The largest absolute Gasteiger partial charge is 0.507 e. The van der Waals surface area contributed by atoms with Crippen LogP contribution in [0.4, 0.5) is 0 Å². The number of phenols is 1. The minimum absolute atomic E-state index is 0.00753. The Balaban J connectivity index is 1.55. The first kappa shape index (κ1) is 32.2. The highest BCUT2D eigenvalue weighted by atomic mass is 16.6. The SMILES string of the molecule is CCOC(=O)[C@H](Cc1ccccc1)n1cc2c(=O)c3c(c4c(C)cc(=O)c(c1O)c42)[C@H]1C(=O)c2c(C)cc(O)c4c2[C@]3(COC4=O)[C@H]1OC(C)=O. The van der Waals surface area contributed by atoms with E-state index in [9.17, 15) is 34.2 Å². The third-order valence-electron chi connectivity index (χ3n) is 10.6. The predicted molar refractivity (Wildman–Crippen MR) is 182 cm³/mol. The first-order valence-corrected chi connectivity index (χ1v) is 16.5. The maximum Gasteiger partial charge on any atom is 0.342 e. The predicted octanol–water partition coefficient (Wildman–Crippen LogP) is 4.01. The van der Waals surface area contributed by atoms with Crippen molar-refractivity contribution < 1.29 is 43.6 Å². The molecule has 3 aliphatic rings. The lowest BCUT2D eigenvalue weighted by molar-refractivity contribution is -0.150. The number of Topliss-reactive ketones (excluding diaryl/α,β-unsaturated/α-hetero) is 1. The summed E-state index contributed by atoms with van der Waals surface area (Å²) in [5, 5.41) is 23.0. The van der Waals surface area contributed by atoms with Gasteiger partial charge < -0.3 is 29.0 Å². The van der Waals surface area contributed by atoms with Crippen molar-refractivity contribution in [2.45, 2.75) is 57.6 Å². The molecule has 2 bridgehead atoms. The molecule has 4 atom stereocenters. The second kappa shape index (κ2) is 11.0. The van der Waals surface area contributed by atoms with Crippen molar-refractivity contribution in [3.8, 4) is 11.6 Å². The van der Waals surface area contributed by atoms with E-state index in [1.807, 2.05) is 6.07 Å². The molecule has 4 aromatic carbocycles. The van der Waals surface area contributed by atoms with Gasteiger partial charge in [0, 0.05) is 41.4 Å². The Kier molecular flexibility index (Phi) is 6.93. The lowest BCUT2D eigenvalue weighted by Crippen LogP contribution is -2.55. The Bertz CT molecular complexity index is 2540. The maximum absolute atomic E-state index is 15.3. The number of pyridine rings is 1. The molecule has 12 heteroatoms. The normalized spacial score (nSPS) is 20.5. The molecule has 12 nitrogen and oxygen atoms in total. The molecule has 258 valence electrons. The van der Waals surface area contributed by atoms with Crippen LogP contribution in [0.15, 0.2) is 58.3 Å². The minimum Gasteiger partial charge on any atom is -0.507 e. The number of aromatic hydroxyl groups is 2. The van der Waals surface area contributed by atoms with E-state index in [1.165, 1.54) is 18.3 Å². The number of hydrogen-bond donors (Lipinski definition) is 2. The monoisotopic (exact) mass is 689 g/mol. The zero-order valence-corrected chi connectivity index (χ0v) is 28.0. The molecule has 0 unspecified atom stereocenters. The number of carbonyl (C=O) groups is 4. The fourth-order valence-corrected chi connectivity index (χ4v) is 8.80. The summed E-state index contributed by atoms with van der Waals surface area (Å²) in [6, 6.07) is 10.3. The van der Waals surface area contributed by atoms with Crippen LogP contribution in [-0.4, -0.2) is 57.8 Å². The van der Waals surface area contributed by atoms with Crippen LogP contribution in [0.2, 0.25) is 0 Å². The molecule has 1 aliphatic heterocycles. The van der Waals surface area contributed by atoms with Crippen LogP contribution in [0.3, 0.4) is 0 Å². The van der Waals surface area contributed by atoms with Crippen LogP contribution >= 0.6 is 0 Å². The number of benzene rings is 4. The molecule has 0 fully saturated rings. The van der Waals surface area contributed by atoms with Crippen molar-refractivity contribution in [3.05, 3.63) is 114 Å². The number of cyclic esters (lactones) is 1. The van der Waals surface area contributed by atoms with E-state index in [0.717, 1.165) is 11.5 Å². The molecule has 51 heavy (non-hydrogen) atoms. The smallest absolute Gasteiger partial charge is 0.342 e. The van der Waals surface area contributed by atoms with Gasteiger partial charge in [-0.25, -0.2) is 9.59 Å². The number of phenolic OH excluding ortho intramolecular Hbond substituents is 1. The summed E-state index contributed by atoms with van der Waals surface area (Å²) in [7, 11) is 0. The van der Waals surface area contributed by atoms with Crippen molar-refractivity contribution in [1.82, 2.24) is 4.57 Å². The van der Waals surface area contributed by atoms with Gasteiger partial charge in [-0.3, -0.25) is 19.2 Å². The average molecular weight is 690 g/mol. The van der Waals surface area contributed by atoms with Crippen LogP contribution in [0, 0.1) is 13.8 Å². The number of esters is 3. The molecule has 0 saturated carbocycles. The van der Waals surface area contributed by atoms with Gasteiger partial charge in [-0.05, 0) is 66.1 Å². The van der Waals surface area contributed by atoms with E-state index in [0.29, 0.717) is 22.1 Å². The molecule has 5 aromatic rings. The van der Waals surface area contributed by atoms with Gasteiger partial charge in [-0.1, -0.05) is 30.3 Å². The second-order valence-electron chi connectivity index (χ2n) is 13.4.